The van der Waals surface area contributed by atoms with Crippen LogP contribution in [-0.2, 0) is 0 Å². The summed E-state index contributed by atoms with van der Waals surface area (Å²) in [5.74, 6) is 0. The highest BCUT2D eigenvalue weighted by atomic mass is 32.1. The van der Waals surface area contributed by atoms with Gasteiger partial charge in [0.2, 0.25) is 0 Å². The van der Waals surface area contributed by atoms with Crippen molar-refractivity contribution in [3.05, 3.63) is 109 Å². The summed E-state index contributed by atoms with van der Waals surface area (Å²) in [6.45, 7) is -2.12. The molecule has 0 aliphatic heterocycles. The molecule has 0 atom stereocenters. The van der Waals surface area contributed by atoms with Gasteiger partial charge >= 0.3 is 0 Å². The first kappa shape index (κ1) is 16.9. The summed E-state index contributed by atoms with van der Waals surface area (Å²) >= 11 is 3.51. The third kappa shape index (κ3) is 3.20. The summed E-state index contributed by atoms with van der Waals surface area (Å²) in [5, 5.41) is 8.19. The van der Waals surface area contributed by atoms with Crippen LogP contribution in [0.4, 0.5) is 11.4 Å². The minimum absolute atomic E-state index is 0.377. The Morgan fingerprint density at radius 1 is 0.588 bits per heavy atom. The monoisotopic (exact) mass is 474 g/mol. The molecule has 0 amide bonds. The minimum atomic E-state index is -2.12. The van der Waals surface area contributed by atoms with E-state index in [9.17, 15) is 0 Å². The second-order valence-corrected chi connectivity index (χ2v) is 10.7. The molecule has 0 aliphatic carbocycles. The van der Waals surface area contributed by atoms with Crippen LogP contribution in [0.3, 0.4) is 0 Å². The van der Waals surface area contributed by atoms with Crippen LogP contribution in [0, 0.1) is 6.85 Å². The summed E-state index contributed by atoms with van der Waals surface area (Å²) in [6.07, 6.45) is 0. The molecule has 0 saturated heterocycles. The predicted molar refractivity (Wildman–Crippen MR) is 152 cm³/mol. The fourth-order valence-electron chi connectivity index (χ4n) is 4.78. The molecule has 34 heavy (non-hydrogen) atoms. The van der Waals surface area contributed by atoms with E-state index in [4.69, 9.17) is 4.11 Å². The van der Waals surface area contributed by atoms with Crippen LogP contribution in [0.25, 0.3) is 51.5 Å². The summed E-state index contributed by atoms with van der Waals surface area (Å²) < 4.78 is 28.2. The number of hydrogen-bond donors (Lipinski definition) is 1. The highest BCUT2D eigenvalue weighted by Crippen LogP contribution is 2.41. The smallest absolute Gasteiger partial charge is 0.0391 e. The second kappa shape index (κ2) is 7.69. The largest absolute Gasteiger partial charge is 0.355 e. The zero-order valence-corrected chi connectivity index (χ0v) is 19.8. The average Bonchev–Trinajstić information content (AvgIpc) is 3.46. The molecule has 0 spiro atoms. The number of rotatable bonds is 3. The molecule has 0 saturated carbocycles. The third-order valence-electron chi connectivity index (χ3n) is 6.34. The van der Waals surface area contributed by atoms with Gasteiger partial charge in [-0.15, -0.1) is 22.7 Å². The second-order valence-electron chi connectivity index (χ2n) is 8.51. The molecule has 7 rings (SSSR count). The Morgan fingerprint density at radius 3 is 2.06 bits per heavy atom. The molecular formula is C31H21NS2. The van der Waals surface area contributed by atoms with Crippen molar-refractivity contribution in [3.8, 4) is 11.1 Å². The molecule has 2 heterocycles. The Morgan fingerprint density at radius 2 is 1.26 bits per heavy atom. The molecular weight excluding hydrogens is 450 g/mol. The standard InChI is InChI=1S/C31H21NS2/c1-19-10-13-27-24(16-19)25-17-21(11-14-28(25)33-27)32-22-12-15-29-26(18-22)31-23(8-5-9-30(31)34-29)20-6-3-2-4-7-20/h2-18,32H,1H3/i1D3. The van der Waals surface area contributed by atoms with Crippen LogP contribution in [-0.4, -0.2) is 0 Å². The zero-order valence-electron chi connectivity index (χ0n) is 21.1. The number of fused-ring (bicyclic) bond motifs is 6. The van der Waals surface area contributed by atoms with Crippen LogP contribution >= 0.6 is 22.7 Å². The van der Waals surface area contributed by atoms with Gasteiger partial charge in [-0.05, 0) is 72.6 Å². The Bertz CT molecular complexity index is 1950. The quantitative estimate of drug-likeness (QED) is 0.268. The van der Waals surface area contributed by atoms with Crippen molar-refractivity contribution in [3.63, 3.8) is 0 Å². The lowest BCUT2D eigenvalue weighted by molar-refractivity contribution is 1.52. The fraction of sp³-hybridized carbons (Fsp3) is 0.0323. The van der Waals surface area contributed by atoms with Gasteiger partial charge in [0.1, 0.15) is 0 Å². The Kier molecular flexibility index (Phi) is 3.82. The summed E-state index contributed by atoms with van der Waals surface area (Å²) in [7, 11) is 0. The fourth-order valence-corrected chi connectivity index (χ4v) is 6.96. The normalized spacial score (nSPS) is 13.4. The van der Waals surface area contributed by atoms with E-state index in [-0.39, 0.29) is 0 Å². The first-order valence-corrected chi connectivity index (χ1v) is 12.8. The van der Waals surface area contributed by atoms with Crippen LogP contribution in [0.5, 0.6) is 0 Å². The minimum Gasteiger partial charge on any atom is -0.355 e. The molecule has 162 valence electrons. The van der Waals surface area contributed by atoms with Gasteiger partial charge in [0.05, 0.1) is 0 Å². The Labute approximate surface area is 210 Å². The van der Waals surface area contributed by atoms with Gasteiger partial charge in [0.15, 0.2) is 0 Å². The predicted octanol–water partition coefficient (Wildman–Crippen LogP) is 10.1. The molecule has 2 aromatic heterocycles. The lowest BCUT2D eigenvalue weighted by atomic mass is 9.99. The van der Waals surface area contributed by atoms with Gasteiger partial charge in [-0.1, -0.05) is 54.1 Å². The van der Waals surface area contributed by atoms with Crippen molar-refractivity contribution < 1.29 is 4.11 Å². The highest BCUT2D eigenvalue weighted by Gasteiger charge is 2.12. The van der Waals surface area contributed by atoms with E-state index >= 15 is 0 Å². The van der Waals surface area contributed by atoms with Crippen molar-refractivity contribution in [2.24, 2.45) is 0 Å². The first-order chi connectivity index (χ1) is 17.9. The van der Waals surface area contributed by atoms with Crippen molar-refractivity contribution >= 4 is 74.4 Å². The van der Waals surface area contributed by atoms with Gasteiger partial charge in [-0.2, -0.15) is 0 Å². The number of hydrogen-bond acceptors (Lipinski definition) is 3. The first-order valence-electron chi connectivity index (χ1n) is 12.7. The molecule has 0 fully saturated rings. The zero-order chi connectivity index (χ0) is 25.1. The van der Waals surface area contributed by atoms with Gasteiger partial charge in [0, 0.05) is 55.8 Å². The molecule has 1 nitrogen and oxygen atoms in total. The van der Waals surface area contributed by atoms with Crippen LogP contribution < -0.4 is 5.32 Å². The van der Waals surface area contributed by atoms with E-state index in [0.717, 1.165) is 31.5 Å². The van der Waals surface area contributed by atoms with Crippen LogP contribution in [0.1, 0.15) is 9.68 Å². The van der Waals surface area contributed by atoms with E-state index < -0.39 is 6.85 Å². The summed E-state index contributed by atoms with van der Waals surface area (Å²) in [6, 6.07) is 35.4. The molecule has 5 aromatic carbocycles. The molecule has 0 bridgehead atoms. The van der Waals surface area contributed by atoms with Gasteiger partial charge in [-0.25, -0.2) is 0 Å². The number of thiophene rings is 2. The third-order valence-corrected chi connectivity index (χ3v) is 8.63. The molecule has 0 radical (unpaired) electrons. The van der Waals surface area contributed by atoms with E-state index in [0.29, 0.717) is 5.56 Å². The van der Waals surface area contributed by atoms with Crippen molar-refractivity contribution in [2.45, 2.75) is 6.85 Å². The van der Waals surface area contributed by atoms with Gasteiger partial charge < -0.3 is 5.32 Å². The molecule has 0 aliphatic rings. The number of aryl methyl sites for hydroxylation is 1. The maximum absolute atomic E-state index is 7.81. The molecule has 0 unspecified atom stereocenters. The van der Waals surface area contributed by atoms with Crippen molar-refractivity contribution in [1.82, 2.24) is 0 Å². The van der Waals surface area contributed by atoms with E-state index in [1.165, 1.54) is 31.3 Å². The summed E-state index contributed by atoms with van der Waals surface area (Å²) in [5.41, 5.74) is 4.85. The van der Waals surface area contributed by atoms with Crippen LogP contribution in [0.2, 0.25) is 0 Å². The topological polar surface area (TPSA) is 12.0 Å². The number of nitrogens with one attached hydrogen (secondary N) is 1. The lowest BCUT2D eigenvalue weighted by Gasteiger charge is -2.08. The van der Waals surface area contributed by atoms with Crippen LogP contribution in [0.15, 0.2) is 103 Å². The molecule has 7 aromatic rings. The van der Waals surface area contributed by atoms with E-state index in [2.05, 4.69) is 90.2 Å². The van der Waals surface area contributed by atoms with E-state index in [1.54, 1.807) is 17.4 Å². The Balaban J connectivity index is 1.33. The van der Waals surface area contributed by atoms with Gasteiger partial charge in [-0.3, -0.25) is 0 Å². The lowest BCUT2D eigenvalue weighted by Crippen LogP contribution is -1.89. The molecule has 3 heteroatoms. The number of benzene rings is 5. The van der Waals surface area contributed by atoms with E-state index in [1.807, 2.05) is 23.5 Å². The van der Waals surface area contributed by atoms with Gasteiger partial charge in [0.25, 0.3) is 0 Å². The SMILES string of the molecule is [2H]C([2H])([2H])c1ccc2sc3ccc(Nc4ccc5sc6cccc(-c7ccccc7)c6c5c4)cc3c2c1. The molecule has 1 N–H and O–H groups in total. The average molecular weight is 475 g/mol. The maximum atomic E-state index is 7.81. The highest BCUT2D eigenvalue weighted by molar-refractivity contribution is 7.26. The summed E-state index contributed by atoms with van der Waals surface area (Å²) in [4.78, 5) is 0. The number of anilines is 2. The maximum Gasteiger partial charge on any atom is 0.0391 e. The van der Waals surface area contributed by atoms with Crippen molar-refractivity contribution in [2.75, 3.05) is 5.32 Å². The Hall–Kier alpha value is -3.66. The van der Waals surface area contributed by atoms with Crippen molar-refractivity contribution in [1.29, 1.82) is 0 Å².